The first-order valence-corrected chi connectivity index (χ1v) is 10.8. The lowest BCUT2D eigenvalue weighted by Crippen LogP contribution is -2.38. The summed E-state index contributed by atoms with van der Waals surface area (Å²) in [6, 6.07) is 13.4. The predicted molar refractivity (Wildman–Crippen MR) is 113 cm³/mol. The largest absolute Gasteiger partial charge is 0.383 e. The maximum Gasteiger partial charge on any atom is 0.253 e. The normalized spacial score (nSPS) is 11.0. The minimum atomic E-state index is -3.69. The van der Waals surface area contributed by atoms with Crippen molar-refractivity contribution in [1.82, 2.24) is 5.32 Å². The Morgan fingerprint density at radius 2 is 1.72 bits per heavy atom. The van der Waals surface area contributed by atoms with Gasteiger partial charge in [-0.3, -0.25) is 13.9 Å². The van der Waals surface area contributed by atoms with Crippen LogP contribution in [-0.2, 0) is 19.6 Å². The second-order valence-corrected chi connectivity index (χ2v) is 8.31. The summed E-state index contributed by atoms with van der Waals surface area (Å²) in [5.41, 5.74) is 1.73. The molecule has 0 aliphatic heterocycles. The van der Waals surface area contributed by atoms with E-state index in [9.17, 15) is 18.0 Å². The SMILES string of the molecule is COCCNC(=O)c1ccccc1NC(=O)CN(c1ccccc1C)S(C)(=O)=O. The lowest BCUT2D eigenvalue weighted by Gasteiger charge is -2.23. The van der Waals surface area contributed by atoms with Gasteiger partial charge in [-0.15, -0.1) is 0 Å². The number of ether oxygens (including phenoxy) is 1. The molecule has 0 aliphatic carbocycles. The van der Waals surface area contributed by atoms with E-state index >= 15 is 0 Å². The van der Waals surface area contributed by atoms with Crippen molar-refractivity contribution < 1.29 is 22.7 Å². The number of carbonyl (C=O) groups is 2. The highest BCUT2D eigenvalue weighted by Gasteiger charge is 2.23. The molecule has 0 aromatic heterocycles. The topological polar surface area (TPSA) is 105 Å². The third kappa shape index (κ3) is 6.30. The molecule has 2 aromatic carbocycles. The summed E-state index contributed by atoms with van der Waals surface area (Å²) in [6.07, 6.45) is 1.05. The number of anilines is 2. The van der Waals surface area contributed by atoms with Crippen LogP contribution in [0.2, 0.25) is 0 Å². The number of nitrogens with one attached hydrogen (secondary N) is 2. The third-order valence-corrected chi connectivity index (χ3v) is 5.24. The molecule has 0 saturated carbocycles. The number of aryl methyl sites for hydroxylation is 1. The van der Waals surface area contributed by atoms with E-state index in [4.69, 9.17) is 4.74 Å². The monoisotopic (exact) mass is 419 g/mol. The van der Waals surface area contributed by atoms with Gasteiger partial charge in [-0.25, -0.2) is 8.42 Å². The van der Waals surface area contributed by atoms with E-state index in [2.05, 4.69) is 10.6 Å². The zero-order valence-corrected chi connectivity index (χ0v) is 17.5. The van der Waals surface area contributed by atoms with E-state index in [1.807, 2.05) is 0 Å². The molecule has 0 aliphatic rings. The number of methoxy groups -OCH3 is 1. The molecule has 2 rings (SSSR count). The Kier molecular flexibility index (Phi) is 7.74. The molecule has 156 valence electrons. The highest BCUT2D eigenvalue weighted by Crippen LogP contribution is 2.22. The van der Waals surface area contributed by atoms with Gasteiger partial charge in [-0.05, 0) is 30.7 Å². The molecule has 0 radical (unpaired) electrons. The number of benzene rings is 2. The van der Waals surface area contributed by atoms with E-state index in [0.29, 0.717) is 24.5 Å². The molecule has 8 nitrogen and oxygen atoms in total. The average molecular weight is 420 g/mol. The van der Waals surface area contributed by atoms with Gasteiger partial charge < -0.3 is 15.4 Å². The number of hydrogen-bond acceptors (Lipinski definition) is 5. The standard InChI is InChI=1S/C20H25N3O5S/c1-15-8-4-7-11-18(15)23(29(3,26)27)14-19(24)22-17-10-6-5-9-16(17)20(25)21-12-13-28-2/h4-11H,12-14H2,1-3H3,(H,21,25)(H,22,24). The van der Waals surface area contributed by atoms with Crippen molar-refractivity contribution in [2.24, 2.45) is 0 Å². The first kappa shape index (κ1) is 22.4. The Balaban J connectivity index is 2.19. The van der Waals surface area contributed by atoms with Gasteiger partial charge in [0.2, 0.25) is 15.9 Å². The number of amides is 2. The van der Waals surface area contributed by atoms with E-state index in [0.717, 1.165) is 16.1 Å². The fraction of sp³-hybridized carbons (Fsp3) is 0.300. The summed E-state index contributed by atoms with van der Waals surface area (Å²) >= 11 is 0. The Labute approximate surface area is 170 Å². The Morgan fingerprint density at radius 3 is 2.38 bits per heavy atom. The first-order chi connectivity index (χ1) is 13.7. The number of rotatable bonds is 9. The Hall–Kier alpha value is -2.91. The second-order valence-electron chi connectivity index (χ2n) is 6.40. The van der Waals surface area contributed by atoms with E-state index < -0.39 is 22.5 Å². The zero-order chi connectivity index (χ0) is 21.4. The first-order valence-electron chi connectivity index (χ1n) is 8.93. The molecular formula is C20H25N3O5S. The average Bonchev–Trinajstić information content (AvgIpc) is 2.66. The van der Waals surface area contributed by atoms with Gasteiger partial charge in [-0.2, -0.15) is 0 Å². The van der Waals surface area contributed by atoms with Crippen LogP contribution in [0.3, 0.4) is 0 Å². The van der Waals surface area contributed by atoms with Crippen LogP contribution in [0.4, 0.5) is 11.4 Å². The van der Waals surface area contributed by atoms with Crippen molar-refractivity contribution in [3.8, 4) is 0 Å². The number of nitrogens with zero attached hydrogens (tertiary/aromatic N) is 1. The van der Waals surface area contributed by atoms with Crippen LogP contribution in [0.25, 0.3) is 0 Å². The van der Waals surface area contributed by atoms with Crippen molar-refractivity contribution in [3.63, 3.8) is 0 Å². The zero-order valence-electron chi connectivity index (χ0n) is 16.6. The maximum atomic E-state index is 12.6. The van der Waals surface area contributed by atoms with Gasteiger partial charge in [0.05, 0.1) is 29.8 Å². The van der Waals surface area contributed by atoms with Gasteiger partial charge in [0.1, 0.15) is 6.54 Å². The van der Waals surface area contributed by atoms with Crippen molar-refractivity contribution in [1.29, 1.82) is 0 Å². The van der Waals surface area contributed by atoms with Crippen molar-refractivity contribution in [2.75, 3.05) is 42.7 Å². The summed E-state index contributed by atoms with van der Waals surface area (Å²) in [5, 5.41) is 5.33. The lowest BCUT2D eigenvalue weighted by atomic mass is 10.1. The highest BCUT2D eigenvalue weighted by molar-refractivity contribution is 7.92. The molecule has 0 fully saturated rings. The summed E-state index contributed by atoms with van der Waals surface area (Å²) in [7, 11) is -2.16. The smallest absolute Gasteiger partial charge is 0.253 e. The van der Waals surface area contributed by atoms with Gasteiger partial charge in [0.25, 0.3) is 5.91 Å². The number of sulfonamides is 1. The molecule has 0 atom stereocenters. The van der Waals surface area contributed by atoms with E-state index in [-0.39, 0.29) is 11.5 Å². The summed E-state index contributed by atoms with van der Waals surface area (Å²) in [6.45, 7) is 2.04. The lowest BCUT2D eigenvalue weighted by molar-refractivity contribution is -0.114. The predicted octanol–water partition coefficient (Wildman–Crippen LogP) is 1.78. The van der Waals surface area contributed by atoms with E-state index in [1.165, 1.54) is 7.11 Å². The number of para-hydroxylation sites is 2. The summed E-state index contributed by atoms with van der Waals surface area (Å²) in [5.74, 6) is -0.923. The van der Waals surface area contributed by atoms with Crippen LogP contribution in [0.1, 0.15) is 15.9 Å². The van der Waals surface area contributed by atoms with Crippen LogP contribution < -0.4 is 14.9 Å². The molecule has 0 bridgehead atoms. The molecular weight excluding hydrogens is 394 g/mol. The maximum absolute atomic E-state index is 12.6. The molecule has 0 unspecified atom stereocenters. The Bertz CT molecular complexity index is 976. The second kappa shape index (κ2) is 10.0. The molecule has 0 saturated heterocycles. The minimum Gasteiger partial charge on any atom is -0.383 e. The molecule has 9 heteroatoms. The fourth-order valence-corrected chi connectivity index (χ4v) is 3.61. The van der Waals surface area contributed by atoms with Crippen LogP contribution >= 0.6 is 0 Å². The van der Waals surface area contributed by atoms with Crippen LogP contribution in [-0.4, -0.2) is 53.3 Å². The number of carbonyl (C=O) groups excluding carboxylic acids is 2. The molecule has 29 heavy (non-hydrogen) atoms. The van der Waals surface area contributed by atoms with Crippen LogP contribution in [0.15, 0.2) is 48.5 Å². The third-order valence-electron chi connectivity index (χ3n) is 4.11. The van der Waals surface area contributed by atoms with Crippen LogP contribution in [0.5, 0.6) is 0 Å². The van der Waals surface area contributed by atoms with Gasteiger partial charge in [-0.1, -0.05) is 30.3 Å². The van der Waals surface area contributed by atoms with Crippen molar-refractivity contribution in [3.05, 3.63) is 59.7 Å². The van der Waals surface area contributed by atoms with Gasteiger partial charge >= 0.3 is 0 Å². The minimum absolute atomic E-state index is 0.277. The fourth-order valence-electron chi connectivity index (χ4n) is 2.70. The Morgan fingerprint density at radius 1 is 1.07 bits per heavy atom. The van der Waals surface area contributed by atoms with Gasteiger partial charge in [0.15, 0.2) is 0 Å². The molecule has 0 spiro atoms. The summed E-state index contributed by atoms with van der Waals surface area (Å²) in [4.78, 5) is 25.0. The number of hydrogen-bond donors (Lipinski definition) is 2. The summed E-state index contributed by atoms with van der Waals surface area (Å²) < 4.78 is 30.5. The molecule has 0 heterocycles. The molecule has 2 amide bonds. The molecule has 2 N–H and O–H groups in total. The van der Waals surface area contributed by atoms with E-state index in [1.54, 1.807) is 55.5 Å². The highest BCUT2D eigenvalue weighted by atomic mass is 32.2. The van der Waals surface area contributed by atoms with Crippen molar-refractivity contribution in [2.45, 2.75) is 6.92 Å². The van der Waals surface area contributed by atoms with Crippen LogP contribution in [0, 0.1) is 6.92 Å². The van der Waals surface area contributed by atoms with Gasteiger partial charge in [0, 0.05) is 13.7 Å². The van der Waals surface area contributed by atoms with Crippen molar-refractivity contribution >= 4 is 33.2 Å². The quantitative estimate of drug-likeness (QED) is 0.603. The molecule has 2 aromatic rings.